The fourth-order valence-electron chi connectivity index (χ4n) is 6.21. The van der Waals surface area contributed by atoms with Crippen molar-refractivity contribution in [2.45, 2.75) is 107 Å². The van der Waals surface area contributed by atoms with Gasteiger partial charge in [-0.3, -0.25) is 14.9 Å². The molecule has 2 aromatic carbocycles. The van der Waals surface area contributed by atoms with Crippen molar-refractivity contribution >= 4 is 41.6 Å². The van der Waals surface area contributed by atoms with Crippen LogP contribution >= 0.6 is 11.8 Å². The molecule has 2 aliphatic rings. The third-order valence-electron chi connectivity index (χ3n) is 8.54. The SMILES string of the molecule is CCSC1OC(COC(=O)c2ccccc2)C(O)C(OC2(C(=O)O)CC(OC(C)=O)C(NC(C)O)C(CCCOC(C)=O)O2)C1OC(=O)c1ccccc1. The molecule has 0 radical (unpaired) electrons. The Morgan fingerprint density at radius 3 is 2.09 bits per heavy atom. The maximum atomic E-state index is 13.5. The van der Waals surface area contributed by atoms with Crippen molar-refractivity contribution in [1.29, 1.82) is 0 Å². The highest BCUT2D eigenvalue weighted by Crippen LogP contribution is 2.40. The molecule has 4 N–H and O–H groups in total. The predicted octanol–water partition coefficient (Wildman–Crippen LogP) is 2.43. The minimum atomic E-state index is -2.66. The maximum Gasteiger partial charge on any atom is 0.364 e. The van der Waals surface area contributed by atoms with Gasteiger partial charge in [-0.2, -0.15) is 0 Å². The zero-order chi connectivity index (χ0) is 39.4. The quantitative estimate of drug-likeness (QED) is 0.0784. The molecule has 54 heavy (non-hydrogen) atoms. The lowest BCUT2D eigenvalue weighted by Gasteiger charge is -2.50. The summed E-state index contributed by atoms with van der Waals surface area (Å²) in [6, 6.07) is 15.1. The van der Waals surface area contributed by atoms with Gasteiger partial charge in [0.2, 0.25) is 0 Å². The normalized spacial score (nSPS) is 28.6. The predicted molar refractivity (Wildman–Crippen MR) is 190 cm³/mol. The molecule has 16 nitrogen and oxygen atoms in total. The van der Waals surface area contributed by atoms with Crippen molar-refractivity contribution in [2.24, 2.45) is 0 Å². The van der Waals surface area contributed by atoms with E-state index in [2.05, 4.69) is 5.32 Å². The molecule has 10 unspecified atom stereocenters. The summed E-state index contributed by atoms with van der Waals surface area (Å²) in [6.07, 6.45) is -10.2. The maximum absolute atomic E-state index is 13.5. The summed E-state index contributed by atoms with van der Waals surface area (Å²) in [5.41, 5.74) is -0.678. The fraction of sp³-hybridized carbons (Fsp3) is 0.541. The van der Waals surface area contributed by atoms with Gasteiger partial charge in [0, 0.05) is 13.8 Å². The van der Waals surface area contributed by atoms with Gasteiger partial charge in [-0.25, -0.2) is 14.4 Å². The van der Waals surface area contributed by atoms with Gasteiger partial charge < -0.3 is 48.5 Å². The molecule has 0 bridgehead atoms. The van der Waals surface area contributed by atoms with Gasteiger partial charge >= 0.3 is 29.8 Å². The van der Waals surface area contributed by atoms with Crippen molar-refractivity contribution in [3.05, 3.63) is 71.8 Å². The van der Waals surface area contributed by atoms with E-state index in [1.165, 1.54) is 37.7 Å². The van der Waals surface area contributed by atoms with Gasteiger partial charge in [-0.15, -0.1) is 11.8 Å². The lowest BCUT2D eigenvalue weighted by Crippen LogP contribution is -2.68. The van der Waals surface area contributed by atoms with E-state index in [9.17, 15) is 39.3 Å². The number of carboxylic acid groups (broad SMARTS) is 1. The summed E-state index contributed by atoms with van der Waals surface area (Å²) in [5, 5.41) is 35.9. The molecule has 2 heterocycles. The van der Waals surface area contributed by atoms with Crippen LogP contribution in [0.5, 0.6) is 0 Å². The summed E-state index contributed by atoms with van der Waals surface area (Å²) < 4.78 is 40.8. The Morgan fingerprint density at radius 2 is 1.54 bits per heavy atom. The second kappa shape index (κ2) is 20.0. The second-order valence-electron chi connectivity index (χ2n) is 12.7. The molecule has 296 valence electrons. The Labute approximate surface area is 316 Å². The first kappa shape index (κ1) is 42.6. The molecule has 2 saturated heterocycles. The molecule has 0 amide bonds. The smallest absolute Gasteiger partial charge is 0.364 e. The molecular formula is C37H47NO15S. The first-order chi connectivity index (χ1) is 25.7. The summed E-state index contributed by atoms with van der Waals surface area (Å²) in [5.74, 6) is -6.75. The number of rotatable bonds is 17. The molecule has 0 aliphatic carbocycles. The second-order valence-corrected chi connectivity index (χ2v) is 14.1. The zero-order valence-corrected chi connectivity index (χ0v) is 31.2. The first-order valence-electron chi connectivity index (χ1n) is 17.5. The topological polar surface area (TPSA) is 223 Å². The highest BCUT2D eigenvalue weighted by atomic mass is 32.2. The number of carbonyl (C=O) groups excluding carboxylic acids is 4. The summed E-state index contributed by atoms with van der Waals surface area (Å²) in [7, 11) is 0. The highest BCUT2D eigenvalue weighted by molar-refractivity contribution is 7.99. The summed E-state index contributed by atoms with van der Waals surface area (Å²) >= 11 is 1.17. The summed E-state index contributed by atoms with van der Waals surface area (Å²) in [6.45, 7) is 5.03. The minimum absolute atomic E-state index is 0.0307. The van der Waals surface area contributed by atoms with Crippen LogP contribution in [0.4, 0.5) is 0 Å². The van der Waals surface area contributed by atoms with E-state index in [-0.39, 0.29) is 30.6 Å². The number of hydrogen-bond acceptors (Lipinski definition) is 16. The lowest BCUT2D eigenvalue weighted by molar-refractivity contribution is -0.341. The molecule has 10 atom stereocenters. The van der Waals surface area contributed by atoms with Crippen molar-refractivity contribution in [2.75, 3.05) is 19.0 Å². The van der Waals surface area contributed by atoms with E-state index in [0.29, 0.717) is 5.75 Å². The number of carboxylic acids is 1. The van der Waals surface area contributed by atoms with Crippen LogP contribution in [0, 0.1) is 0 Å². The van der Waals surface area contributed by atoms with Gasteiger partial charge in [-0.05, 0) is 49.8 Å². The van der Waals surface area contributed by atoms with Gasteiger partial charge in [0.15, 0.2) is 6.10 Å². The van der Waals surface area contributed by atoms with E-state index in [4.69, 9.17) is 33.2 Å². The van der Waals surface area contributed by atoms with Gasteiger partial charge in [-0.1, -0.05) is 43.3 Å². The van der Waals surface area contributed by atoms with Gasteiger partial charge in [0.1, 0.15) is 42.7 Å². The van der Waals surface area contributed by atoms with Gasteiger partial charge in [0.25, 0.3) is 5.79 Å². The number of benzene rings is 2. The van der Waals surface area contributed by atoms with Crippen LogP contribution in [-0.4, -0.2) is 124 Å². The van der Waals surface area contributed by atoms with Crippen LogP contribution in [0.3, 0.4) is 0 Å². The van der Waals surface area contributed by atoms with E-state index in [1.807, 2.05) is 0 Å². The average Bonchev–Trinajstić information content (AvgIpc) is 3.13. The summed E-state index contributed by atoms with van der Waals surface area (Å²) in [4.78, 5) is 63.5. The third kappa shape index (κ3) is 11.5. The number of aliphatic hydroxyl groups is 2. The van der Waals surface area contributed by atoms with Crippen molar-refractivity contribution in [1.82, 2.24) is 5.32 Å². The van der Waals surface area contributed by atoms with Crippen LogP contribution in [-0.2, 0) is 47.5 Å². The number of aliphatic carboxylic acids is 1. The highest BCUT2D eigenvalue weighted by Gasteiger charge is 2.59. The molecule has 2 aromatic rings. The van der Waals surface area contributed by atoms with E-state index >= 15 is 0 Å². The van der Waals surface area contributed by atoms with E-state index in [0.717, 1.165) is 6.92 Å². The van der Waals surface area contributed by atoms with Crippen LogP contribution in [0.25, 0.3) is 0 Å². The number of esters is 4. The number of aliphatic hydroxyl groups excluding tert-OH is 2. The monoisotopic (exact) mass is 777 g/mol. The Morgan fingerprint density at radius 1 is 0.907 bits per heavy atom. The molecule has 4 rings (SSSR count). The first-order valence-corrected chi connectivity index (χ1v) is 18.6. The molecule has 0 spiro atoms. The van der Waals surface area contributed by atoms with E-state index < -0.39 is 103 Å². The third-order valence-corrected chi connectivity index (χ3v) is 9.59. The zero-order valence-electron chi connectivity index (χ0n) is 30.4. The Balaban J connectivity index is 1.74. The van der Waals surface area contributed by atoms with Crippen LogP contribution in [0.2, 0.25) is 0 Å². The largest absolute Gasteiger partial charge is 0.477 e. The average molecular weight is 778 g/mol. The van der Waals surface area contributed by atoms with Crippen LogP contribution < -0.4 is 5.32 Å². The number of ether oxygens (including phenoxy) is 7. The lowest BCUT2D eigenvalue weighted by atomic mass is 9.89. The van der Waals surface area contributed by atoms with E-state index in [1.54, 1.807) is 55.5 Å². The molecule has 17 heteroatoms. The molecular weight excluding hydrogens is 730 g/mol. The van der Waals surface area contributed by atoms with Crippen molar-refractivity contribution in [3.8, 4) is 0 Å². The Bertz CT molecular complexity index is 1560. The standard InChI is InChI=1S/C37H47NO15S/c1-5-54-35-32(51-34(44)25-15-10-7-11-16-25)31(30(42)28(50-35)20-48-33(43)24-13-8-6-9-14-24)53-37(36(45)46)19-27(49-23(4)41)29(38-21(2)39)26(52-37)17-12-18-47-22(3)40/h6-11,13-16,21,26-32,35,38-39,42H,5,12,17-20H2,1-4H3,(H,45,46). The number of thioether (sulfide) groups is 1. The molecule has 2 fully saturated rings. The Hall–Kier alpha value is -4.10. The van der Waals surface area contributed by atoms with Crippen LogP contribution in [0.15, 0.2) is 60.7 Å². The fourth-order valence-corrected chi connectivity index (χ4v) is 7.16. The Kier molecular flexibility index (Phi) is 15.8. The number of nitrogens with one attached hydrogen (secondary N) is 1. The molecule has 2 aliphatic heterocycles. The number of hydrogen-bond donors (Lipinski definition) is 4. The molecule has 0 saturated carbocycles. The van der Waals surface area contributed by atoms with Gasteiger partial charge in [0.05, 0.1) is 36.3 Å². The van der Waals surface area contributed by atoms with Crippen molar-refractivity contribution in [3.63, 3.8) is 0 Å². The van der Waals surface area contributed by atoms with Crippen molar-refractivity contribution < 1.29 is 72.5 Å². The number of carbonyl (C=O) groups is 5. The van der Waals surface area contributed by atoms with Crippen LogP contribution in [0.1, 0.15) is 67.7 Å². The minimum Gasteiger partial charge on any atom is -0.477 e. The molecule has 0 aromatic heterocycles.